The quantitative estimate of drug-likeness (QED) is 0.729. The molecule has 3 heteroatoms. The van der Waals surface area contributed by atoms with Crippen LogP contribution >= 0.6 is 0 Å². The first-order valence-corrected chi connectivity index (χ1v) is 6.24. The van der Waals surface area contributed by atoms with Gasteiger partial charge in [-0.05, 0) is 33.7 Å². The minimum absolute atomic E-state index is 0.155. The van der Waals surface area contributed by atoms with E-state index in [-0.39, 0.29) is 5.41 Å². The molecule has 16 heavy (non-hydrogen) atoms. The van der Waals surface area contributed by atoms with E-state index < -0.39 is 5.60 Å². The number of aliphatic hydroxyl groups is 1. The average Bonchev–Trinajstić information content (AvgIpc) is 2.16. The Hall–Kier alpha value is -0.410. The highest BCUT2D eigenvalue weighted by Crippen LogP contribution is 2.35. The van der Waals surface area contributed by atoms with Crippen LogP contribution in [0.2, 0.25) is 0 Å². The number of hydrogen-bond donors (Lipinski definition) is 1. The van der Waals surface area contributed by atoms with E-state index in [1.165, 1.54) is 6.42 Å². The normalized spacial score (nSPS) is 21.1. The maximum Gasteiger partial charge on any atom is 0.127 e. The summed E-state index contributed by atoms with van der Waals surface area (Å²) in [6, 6.07) is 0. The van der Waals surface area contributed by atoms with Crippen molar-refractivity contribution in [3.05, 3.63) is 0 Å². The maximum atomic E-state index is 11.3. The molecule has 0 atom stereocenters. The molecule has 0 bridgehead atoms. The fourth-order valence-corrected chi connectivity index (χ4v) is 2.82. The van der Waals surface area contributed by atoms with Crippen LogP contribution in [0.25, 0.3) is 0 Å². The van der Waals surface area contributed by atoms with Crippen molar-refractivity contribution in [3.8, 4) is 0 Å². The SMILES string of the molecule is CN(CC(C)(C)O)CC1(C=O)CCCCC1. The summed E-state index contributed by atoms with van der Waals surface area (Å²) in [7, 11) is 1.98. The standard InChI is InChI=1S/C13H25NO2/c1-12(2,16)9-14(3)10-13(11-15)7-5-4-6-8-13/h11,16H,4-10H2,1-3H3. The molecular formula is C13H25NO2. The van der Waals surface area contributed by atoms with Gasteiger partial charge in [0.05, 0.1) is 5.60 Å². The molecule has 0 unspecified atom stereocenters. The molecule has 1 rings (SSSR count). The van der Waals surface area contributed by atoms with Gasteiger partial charge in [-0.3, -0.25) is 0 Å². The van der Waals surface area contributed by atoms with Crippen molar-refractivity contribution in [1.82, 2.24) is 4.90 Å². The largest absolute Gasteiger partial charge is 0.389 e. The summed E-state index contributed by atoms with van der Waals surface area (Å²) >= 11 is 0. The summed E-state index contributed by atoms with van der Waals surface area (Å²) < 4.78 is 0. The van der Waals surface area contributed by atoms with Gasteiger partial charge in [0, 0.05) is 18.5 Å². The van der Waals surface area contributed by atoms with Gasteiger partial charge in [-0.25, -0.2) is 0 Å². The first kappa shape index (κ1) is 13.7. The monoisotopic (exact) mass is 227 g/mol. The zero-order valence-corrected chi connectivity index (χ0v) is 10.8. The van der Waals surface area contributed by atoms with Crippen molar-refractivity contribution in [2.75, 3.05) is 20.1 Å². The Morgan fingerprint density at radius 1 is 1.31 bits per heavy atom. The first-order valence-electron chi connectivity index (χ1n) is 6.24. The molecule has 0 aromatic heterocycles. The average molecular weight is 227 g/mol. The minimum atomic E-state index is -0.687. The third kappa shape index (κ3) is 4.22. The number of carbonyl (C=O) groups excluding carboxylic acids is 1. The second-order valence-electron chi connectivity index (χ2n) is 6.03. The van der Waals surface area contributed by atoms with Gasteiger partial charge in [0.2, 0.25) is 0 Å². The van der Waals surface area contributed by atoms with E-state index in [1.807, 2.05) is 7.05 Å². The molecule has 0 aromatic carbocycles. The van der Waals surface area contributed by atoms with Crippen LogP contribution in [0.4, 0.5) is 0 Å². The lowest BCUT2D eigenvalue weighted by molar-refractivity contribution is -0.119. The molecule has 94 valence electrons. The van der Waals surface area contributed by atoms with Crippen LogP contribution in [-0.2, 0) is 4.79 Å². The molecule has 1 fully saturated rings. The molecule has 1 aliphatic carbocycles. The predicted octanol–water partition coefficient (Wildman–Crippen LogP) is 1.84. The van der Waals surface area contributed by atoms with Crippen molar-refractivity contribution in [2.45, 2.75) is 51.6 Å². The number of carbonyl (C=O) groups is 1. The number of aldehydes is 1. The highest BCUT2D eigenvalue weighted by Gasteiger charge is 2.33. The molecule has 3 nitrogen and oxygen atoms in total. The predicted molar refractivity (Wildman–Crippen MR) is 65.4 cm³/mol. The van der Waals surface area contributed by atoms with Crippen LogP contribution in [0.1, 0.15) is 46.0 Å². The van der Waals surface area contributed by atoms with Gasteiger partial charge in [0.25, 0.3) is 0 Å². The second kappa shape index (κ2) is 5.28. The number of hydrogen-bond acceptors (Lipinski definition) is 3. The van der Waals surface area contributed by atoms with Crippen LogP contribution in [0, 0.1) is 5.41 Å². The molecule has 0 heterocycles. The van der Waals surface area contributed by atoms with Crippen molar-refractivity contribution in [2.24, 2.45) is 5.41 Å². The van der Waals surface area contributed by atoms with Gasteiger partial charge in [-0.15, -0.1) is 0 Å². The van der Waals surface area contributed by atoms with Crippen LogP contribution < -0.4 is 0 Å². The lowest BCUT2D eigenvalue weighted by atomic mass is 9.75. The molecule has 0 radical (unpaired) electrons. The summed E-state index contributed by atoms with van der Waals surface area (Å²) in [6.45, 7) is 5.00. The molecule has 0 spiro atoms. The number of rotatable bonds is 5. The lowest BCUT2D eigenvalue weighted by Crippen LogP contribution is -2.44. The molecule has 1 saturated carbocycles. The number of nitrogens with zero attached hydrogens (tertiary/aromatic N) is 1. The molecule has 0 amide bonds. The third-order valence-electron chi connectivity index (χ3n) is 3.34. The molecular weight excluding hydrogens is 202 g/mol. The second-order valence-corrected chi connectivity index (χ2v) is 6.03. The van der Waals surface area contributed by atoms with Gasteiger partial charge in [-0.2, -0.15) is 0 Å². The van der Waals surface area contributed by atoms with Crippen LogP contribution in [-0.4, -0.2) is 42.0 Å². The summed E-state index contributed by atoms with van der Waals surface area (Å²) in [4.78, 5) is 13.4. The fourth-order valence-electron chi connectivity index (χ4n) is 2.82. The van der Waals surface area contributed by atoms with Gasteiger partial charge in [-0.1, -0.05) is 19.3 Å². The Morgan fingerprint density at radius 2 is 1.88 bits per heavy atom. The zero-order chi connectivity index (χ0) is 12.2. The number of likely N-dealkylation sites (N-methyl/N-ethyl adjacent to an activating group) is 1. The van der Waals surface area contributed by atoms with Gasteiger partial charge < -0.3 is 14.8 Å². The highest BCUT2D eigenvalue weighted by atomic mass is 16.3. The van der Waals surface area contributed by atoms with Crippen molar-refractivity contribution < 1.29 is 9.90 Å². The Kier molecular flexibility index (Phi) is 4.51. The van der Waals surface area contributed by atoms with E-state index in [9.17, 15) is 9.90 Å². The fraction of sp³-hybridized carbons (Fsp3) is 0.923. The summed E-state index contributed by atoms with van der Waals surface area (Å²) in [5, 5.41) is 9.74. The first-order chi connectivity index (χ1) is 7.37. The topological polar surface area (TPSA) is 40.5 Å². The van der Waals surface area contributed by atoms with Crippen LogP contribution in [0.3, 0.4) is 0 Å². The van der Waals surface area contributed by atoms with Gasteiger partial charge >= 0.3 is 0 Å². The zero-order valence-electron chi connectivity index (χ0n) is 10.8. The molecule has 1 N–H and O–H groups in total. The van der Waals surface area contributed by atoms with Crippen molar-refractivity contribution in [3.63, 3.8) is 0 Å². The molecule has 0 aliphatic heterocycles. The highest BCUT2D eigenvalue weighted by molar-refractivity contribution is 5.60. The lowest BCUT2D eigenvalue weighted by Gasteiger charge is -2.37. The van der Waals surface area contributed by atoms with E-state index in [4.69, 9.17) is 0 Å². The minimum Gasteiger partial charge on any atom is -0.389 e. The Balaban J connectivity index is 2.52. The van der Waals surface area contributed by atoms with Crippen LogP contribution in [0.5, 0.6) is 0 Å². The van der Waals surface area contributed by atoms with E-state index in [0.717, 1.165) is 38.5 Å². The summed E-state index contributed by atoms with van der Waals surface area (Å²) in [5.74, 6) is 0. The molecule has 0 aromatic rings. The smallest absolute Gasteiger partial charge is 0.127 e. The summed E-state index contributed by atoms with van der Waals surface area (Å²) in [5.41, 5.74) is -0.842. The van der Waals surface area contributed by atoms with E-state index >= 15 is 0 Å². The molecule has 0 saturated heterocycles. The van der Waals surface area contributed by atoms with Gasteiger partial charge in [0.15, 0.2) is 0 Å². The van der Waals surface area contributed by atoms with E-state index in [0.29, 0.717) is 6.54 Å². The molecule has 1 aliphatic rings. The summed E-state index contributed by atoms with van der Waals surface area (Å²) in [6.07, 6.45) is 6.74. The maximum absolute atomic E-state index is 11.3. The Labute approximate surface area is 98.8 Å². The van der Waals surface area contributed by atoms with Crippen molar-refractivity contribution in [1.29, 1.82) is 0 Å². The van der Waals surface area contributed by atoms with E-state index in [2.05, 4.69) is 4.90 Å². The van der Waals surface area contributed by atoms with E-state index in [1.54, 1.807) is 13.8 Å². The van der Waals surface area contributed by atoms with Crippen molar-refractivity contribution >= 4 is 6.29 Å². The Morgan fingerprint density at radius 3 is 2.31 bits per heavy atom. The van der Waals surface area contributed by atoms with Crippen LogP contribution in [0.15, 0.2) is 0 Å². The Bertz CT molecular complexity index is 227. The third-order valence-corrected chi connectivity index (χ3v) is 3.34. The van der Waals surface area contributed by atoms with Gasteiger partial charge in [0.1, 0.15) is 6.29 Å².